The number of halogens is 1. The van der Waals surface area contributed by atoms with Crippen molar-refractivity contribution in [1.29, 1.82) is 0 Å². The van der Waals surface area contributed by atoms with Crippen LogP contribution < -0.4 is 20.1 Å². The van der Waals surface area contributed by atoms with E-state index in [1.165, 1.54) is 12.1 Å². The third kappa shape index (κ3) is 6.65. The molecule has 2 amide bonds. The van der Waals surface area contributed by atoms with Crippen molar-refractivity contribution in [2.45, 2.75) is 40.2 Å². The van der Waals surface area contributed by atoms with Crippen LogP contribution in [-0.4, -0.2) is 30.8 Å². The lowest BCUT2D eigenvalue weighted by atomic mass is 10.1. The Bertz CT molecular complexity index is 909. The number of anilines is 2. The zero-order valence-electron chi connectivity index (χ0n) is 17.8. The lowest BCUT2D eigenvalue weighted by Crippen LogP contribution is -2.27. The van der Waals surface area contributed by atoms with Gasteiger partial charge in [-0.15, -0.1) is 0 Å². The maximum atomic E-state index is 13.8. The van der Waals surface area contributed by atoms with Crippen molar-refractivity contribution in [2.24, 2.45) is 0 Å². The first-order valence-corrected chi connectivity index (χ1v) is 9.63. The minimum Gasteiger partial charge on any atom is -0.490 e. The molecule has 0 bridgehead atoms. The summed E-state index contributed by atoms with van der Waals surface area (Å²) in [6.07, 6.45) is -0.718. The average molecular weight is 418 g/mol. The first-order chi connectivity index (χ1) is 14.1. The van der Waals surface area contributed by atoms with Gasteiger partial charge in [-0.2, -0.15) is 0 Å². The second kappa shape index (κ2) is 9.96. The van der Waals surface area contributed by atoms with Gasteiger partial charge in [-0.05, 0) is 71.0 Å². The molecule has 0 aliphatic rings. The average Bonchev–Trinajstić information content (AvgIpc) is 2.64. The van der Waals surface area contributed by atoms with Gasteiger partial charge in [0, 0.05) is 5.56 Å². The highest BCUT2D eigenvalue weighted by atomic mass is 19.1. The second-order valence-electron chi connectivity index (χ2n) is 7.30. The van der Waals surface area contributed by atoms with Crippen LogP contribution in [0.25, 0.3) is 0 Å². The first-order valence-electron chi connectivity index (χ1n) is 9.63. The summed E-state index contributed by atoms with van der Waals surface area (Å²) in [5, 5.41) is 5.13. The highest BCUT2D eigenvalue weighted by molar-refractivity contribution is 6.07. The van der Waals surface area contributed by atoms with E-state index in [1.54, 1.807) is 39.0 Å². The molecule has 0 saturated carbocycles. The van der Waals surface area contributed by atoms with E-state index in [2.05, 4.69) is 10.6 Å². The molecule has 0 aliphatic carbocycles. The smallest absolute Gasteiger partial charge is 0.412 e. The summed E-state index contributed by atoms with van der Waals surface area (Å²) >= 11 is 0. The van der Waals surface area contributed by atoms with Gasteiger partial charge in [0.25, 0.3) is 5.91 Å². The Balaban J connectivity index is 2.25. The Kier molecular flexibility index (Phi) is 7.63. The molecule has 7 nitrogen and oxygen atoms in total. The van der Waals surface area contributed by atoms with Crippen LogP contribution in [-0.2, 0) is 4.74 Å². The molecule has 0 saturated heterocycles. The largest absolute Gasteiger partial charge is 0.490 e. The van der Waals surface area contributed by atoms with Crippen LogP contribution in [0.2, 0.25) is 0 Å². The van der Waals surface area contributed by atoms with E-state index >= 15 is 0 Å². The molecule has 8 heteroatoms. The quantitative estimate of drug-likeness (QED) is 0.644. The maximum Gasteiger partial charge on any atom is 0.412 e. The summed E-state index contributed by atoms with van der Waals surface area (Å²) in [7, 11) is 0. The maximum absolute atomic E-state index is 13.8. The van der Waals surface area contributed by atoms with Gasteiger partial charge in [0.05, 0.1) is 24.6 Å². The number of nitrogens with one attached hydrogen (secondary N) is 2. The van der Waals surface area contributed by atoms with Gasteiger partial charge in [-0.1, -0.05) is 0 Å². The Labute approximate surface area is 175 Å². The Hall–Kier alpha value is -3.29. The van der Waals surface area contributed by atoms with E-state index in [0.29, 0.717) is 24.7 Å². The van der Waals surface area contributed by atoms with E-state index in [-0.39, 0.29) is 16.9 Å². The molecule has 0 aromatic heterocycles. The summed E-state index contributed by atoms with van der Waals surface area (Å²) in [5.41, 5.74) is -0.118. The fourth-order valence-corrected chi connectivity index (χ4v) is 2.53. The number of rotatable bonds is 7. The summed E-state index contributed by atoms with van der Waals surface area (Å²) < 4.78 is 30.0. The molecule has 2 rings (SSSR count). The van der Waals surface area contributed by atoms with E-state index in [0.717, 1.165) is 6.07 Å². The van der Waals surface area contributed by atoms with Gasteiger partial charge in [-0.25, -0.2) is 9.18 Å². The van der Waals surface area contributed by atoms with E-state index in [9.17, 15) is 14.0 Å². The summed E-state index contributed by atoms with van der Waals surface area (Å²) in [6.45, 7) is 9.70. The van der Waals surface area contributed by atoms with Crippen LogP contribution in [0.4, 0.5) is 20.6 Å². The van der Waals surface area contributed by atoms with Crippen LogP contribution in [0.15, 0.2) is 36.4 Å². The van der Waals surface area contributed by atoms with Crippen molar-refractivity contribution in [3.8, 4) is 11.5 Å². The molecule has 30 heavy (non-hydrogen) atoms. The van der Waals surface area contributed by atoms with Crippen molar-refractivity contribution < 1.29 is 28.2 Å². The van der Waals surface area contributed by atoms with Crippen molar-refractivity contribution in [1.82, 2.24) is 0 Å². The standard InChI is InChI=1S/C22H27FN2O5/c1-6-28-18-11-8-14(12-19(18)29-7-2)20(26)24-17-13-15(23)9-10-16(17)25-21(27)30-22(3,4)5/h8-13H,6-7H2,1-5H3,(H,24,26)(H,25,27). The summed E-state index contributed by atoms with van der Waals surface area (Å²) in [6, 6.07) is 8.38. The minimum atomic E-state index is -0.718. The minimum absolute atomic E-state index is 0.0951. The number of amides is 2. The molecule has 0 radical (unpaired) electrons. The Morgan fingerprint density at radius 2 is 1.57 bits per heavy atom. The zero-order valence-corrected chi connectivity index (χ0v) is 17.8. The molecule has 0 fully saturated rings. The third-order valence-corrected chi connectivity index (χ3v) is 3.67. The number of ether oxygens (including phenoxy) is 3. The molecule has 0 heterocycles. The molecule has 0 aliphatic heterocycles. The van der Waals surface area contributed by atoms with Crippen molar-refractivity contribution in [2.75, 3.05) is 23.8 Å². The normalized spacial score (nSPS) is 10.9. The van der Waals surface area contributed by atoms with Gasteiger partial charge in [0.1, 0.15) is 11.4 Å². The van der Waals surface area contributed by atoms with Crippen LogP contribution in [0.3, 0.4) is 0 Å². The molecule has 2 aromatic rings. The monoisotopic (exact) mass is 418 g/mol. The number of benzene rings is 2. The van der Waals surface area contributed by atoms with Gasteiger partial charge >= 0.3 is 6.09 Å². The van der Waals surface area contributed by atoms with Gasteiger partial charge in [0.2, 0.25) is 0 Å². The highest BCUT2D eigenvalue weighted by Crippen LogP contribution is 2.30. The fourth-order valence-electron chi connectivity index (χ4n) is 2.53. The van der Waals surface area contributed by atoms with E-state index < -0.39 is 23.4 Å². The molecule has 0 unspecified atom stereocenters. The molecule has 0 spiro atoms. The second-order valence-corrected chi connectivity index (χ2v) is 7.30. The van der Waals surface area contributed by atoms with Crippen molar-refractivity contribution >= 4 is 23.4 Å². The van der Waals surface area contributed by atoms with Crippen LogP contribution >= 0.6 is 0 Å². The fraction of sp³-hybridized carbons (Fsp3) is 0.364. The topological polar surface area (TPSA) is 85.9 Å². The predicted octanol–water partition coefficient (Wildman–Crippen LogP) is 5.22. The SMILES string of the molecule is CCOc1ccc(C(=O)Nc2cc(F)ccc2NC(=O)OC(C)(C)C)cc1OCC. The first kappa shape index (κ1) is 23.0. The van der Waals surface area contributed by atoms with E-state index in [4.69, 9.17) is 14.2 Å². The summed E-state index contributed by atoms with van der Waals surface area (Å²) in [5.74, 6) is -0.120. The molecular formula is C22H27FN2O5. The number of carbonyl (C=O) groups is 2. The molecule has 2 N–H and O–H groups in total. The zero-order chi connectivity index (χ0) is 22.3. The van der Waals surface area contributed by atoms with Gasteiger partial charge in [-0.3, -0.25) is 10.1 Å². The van der Waals surface area contributed by atoms with Gasteiger partial charge in [0.15, 0.2) is 11.5 Å². The molecular weight excluding hydrogens is 391 g/mol. The van der Waals surface area contributed by atoms with Crippen molar-refractivity contribution in [3.63, 3.8) is 0 Å². The van der Waals surface area contributed by atoms with Gasteiger partial charge < -0.3 is 19.5 Å². The van der Waals surface area contributed by atoms with Crippen LogP contribution in [0.5, 0.6) is 11.5 Å². The number of hydrogen-bond donors (Lipinski definition) is 2. The number of carbonyl (C=O) groups excluding carboxylic acids is 2. The lowest BCUT2D eigenvalue weighted by molar-refractivity contribution is 0.0635. The number of hydrogen-bond acceptors (Lipinski definition) is 5. The molecule has 162 valence electrons. The third-order valence-electron chi connectivity index (χ3n) is 3.67. The Morgan fingerprint density at radius 1 is 0.900 bits per heavy atom. The summed E-state index contributed by atoms with van der Waals surface area (Å²) in [4.78, 5) is 24.8. The van der Waals surface area contributed by atoms with E-state index in [1.807, 2.05) is 13.8 Å². The predicted molar refractivity (Wildman–Crippen MR) is 113 cm³/mol. The Morgan fingerprint density at radius 3 is 2.20 bits per heavy atom. The van der Waals surface area contributed by atoms with Crippen molar-refractivity contribution in [3.05, 3.63) is 47.8 Å². The molecule has 0 atom stereocenters. The van der Waals surface area contributed by atoms with Crippen LogP contribution in [0, 0.1) is 5.82 Å². The molecule has 2 aromatic carbocycles. The highest BCUT2D eigenvalue weighted by Gasteiger charge is 2.19. The van der Waals surface area contributed by atoms with Crippen LogP contribution in [0.1, 0.15) is 45.0 Å². The lowest BCUT2D eigenvalue weighted by Gasteiger charge is -2.20.